The quantitative estimate of drug-likeness (QED) is 0.525. The van der Waals surface area contributed by atoms with Crippen LogP contribution in [0.2, 0.25) is 0 Å². The van der Waals surface area contributed by atoms with Crippen LogP contribution >= 0.6 is 0 Å². The maximum absolute atomic E-state index is 13.6. The minimum Gasteiger partial charge on any atom is -0.370 e. The number of hydrogen-bond donors (Lipinski definition) is 3. The third-order valence-electron chi connectivity index (χ3n) is 2.92. The van der Waals surface area contributed by atoms with E-state index in [9.17, 15) is 8.78 Å². The minimum atomic E-state index is -0.629. The molecule has 0 saturated carbocycles. The van der Waals surface area contributed by atoms with Crippen molar-refractivity contribution in [3.8, 4) is 0 Å². The average Bonchev–Trinajstić information content (AvgIpc) is 2.32. The first-order valence-electron chi connectivity index (χ1n) is 5.40. The molecule has 6 heteroatoms. The Morgan fingerprint density at radius 2 is 2.12 bits per heavy atom. The Labute approximate surface area is 97.9 Å². The fraction of sp³-hybridized carbons (Fsp3) is 0.455. The third kappa shape index (κ3) is 2.61. The Kier molecular flexibility index (Phi) is 3.68. The molecule has 2 rings (SSSR count). The summed E-state index contributed by atoms with van der Waals surface area (Å²) < 4.78 is 32.1. The topological polar surface area (TPSA) is 73.3 Å². The molecule has 0 bridgehead atoms. The van der Waals surface area contributed by atoms with Gasteiger partial charge in [0.1, 0.15) is 17.7 Å². The van der Waals surface area contributed by atoms with E-state index in [1.54, 1.807) is 0 Å². The van der Waals surface area contributed by atoms with Gasteiger partial charge in [0.2, 0.25) is 0 Å². The Balaban J connectivity index is 2.20. The second kappa shape index (κ2) is 5.05. The molecule has 1 heterocycles. The van der Waals surface area contributed by atoms with Crippen LogP contribution in [0.25, 0.3) is 0 Å². The van der Waals surface area contributed by atoms with Gasteiger partial charge in [0.05, 0.1) is 6.61 Å². The maximum atomic E-state index is 13.6. The van der Waals surface area contributed by atoms with E-state index in [2.05, 4.69) is 5.43 Å². The van der Waals surface area contributed by atoms with Crippen molar-refractivity contribution < 1.29 is 13.5 Å². The minimum absolute atomic E-state index is 0.0575. The van der Waals surface area contributed by atoms with Gasteiger partial charge in [-0.05, 0) is 24.6 Å². The van der Waals surface area contributed by atoms with E-state index in [-0.39, 0.29) is 11.6 Å². The molecule has 4 nitrogen and oxygen atoms in total. The van der Waals surface area contributed by atoms with Crippen molar-refractivity contribution in [2.45, 2.75) is 24.6 Å². The molecule has 0 aliphatic carbocycles. The molecule has 1 fully saturated rings. The summed E-state index contributed by atoms with van der Waals surface area (Å²) in [5.74, 6) is 4.27. The fourth-order valence-electron chi connectivity index (χ4n) is 2.03. The Hall–Kier alpha value is -1.08. The van der Waals surface area contributed by atoms with Gasteiger partial charge in [-0.15, -0.1) is 0 Å². The number of rotatable bonds is 2. The van der Waals surface area contributed by atoms with Crippen molar-refractivity contribution in [3.63, 3.8) is 0 Å². The molecular formula is C11H15F2N3O. The van der Waals surface area contributed by atoms with Gasteiger partial charge in [-0.3, -0.25) is 11.3 Å². The number of hydrogen-bond acceptors (Lipinski definition) is 4. The first-order valence-corrected chi connectivity index (χ1v) is 5.40. The van der Waals surface area contributed by atoms with E-state index in [0.717, 1.165) is 18.2 Å². The third-order valence-corrected chi connectivity index (χ3v) is 2.92. The van der Waals surface area contributed by atoms with E-state index >= 15 is 0 Å². The zero-order chi connectivity index (χ0) is 12.4. The normalized spacial score (nSPS) is 29.3. The lowest BCUT2D eigenvalue weighted by Gasteiger charge is -2.34. The number of hydrazine groups is 1. The highest BCUT2D eigenvalue weighted by molar-refractivity contribution is 5.23. The van der Waals surface area contributed by atoms with Crippen molar-refractivity contribution in [3.05, 3.63) is 35.4 Å². The molecular weight excluding hydrogens is 228 g/mol. The number of halogens is 2. The molecule has 1 aromatic rings. The lowest BCUT2D eigenvalue weighted by Crippen LogP contribution is -2.49. The molecule has 1 saturated heterocycles. The second-order valence-corrected chi connectivity index (χ2v) is 4.18. The summed E-state index contributed by atoms with van der Waals surface area (Å²) in [5, 5.41) is 0. The highest BCUT2D eigenvalue weighted by Gasteiger charge is 2.31. The highest BCUT2D eigenvalue weighted by atomic mass is 19.1. The van der Waals surface area contributed by atoms with E-state index in [1.165, 1.54) is 0 Å². The summed E-state index contributed by atoms with van der Waals surface area (Å²) >= 11 is 0. The zero-order valence-electron chi connectivity index (χ0n) is 9.20. The van der Waals surface area contributed by atoms with Crippen LogP contribution in [0.4, 0.5) is 8.78 Å². The molecule has 0 aromatic heterocycles. The van der Waals surface area contributed by atoms with Gasteiger partial charge < -0.3 is 10.5 Å². The van der Waals surface area contributed by atoms with E-state index < -0.39 is 23.8 Å². The SMILES string of the molecule is NN[C@H]1CO[C@H](c2cc(F)ccc2F)[C@@H](N)C1. The number of nitrogens with one attached hydrogen (secondary N) is 1. The van der Waals surface area contributed by atoms with Crippen LogP contribution in [-0.4, -0.2) is 18.7 Å². The summed E-state index contributed by atoms with van der Waals surface area (Å²) in [6, 6.07) is 2.79. The predicted molar refractivity (Wildman–Crippen MR) is 58.8 cm³/mol. The Morgan fingerprint density at radius 1 is 1.35 bits per heavy atom. The molecule has 3 atom stereocenters. The fourth-order valence-corrected chi connectivity index (χ4v) is 2.03. The predicted octanol–water partition coefficient (Wildman–Crippen LogP) is 0.585. The van der Waals surface area contributed by atoms with Gasteiger partial charge in [-0.25, -0.2) is 8.78 Å². The van der Waals surface area contributed by atoms with Crippen molar-refractivity contribution >= 4 is 0 Å². The lowest BCUT2D eigenvalue weighted by atomic mass is 9.94. The molecule has 0 unspecified atom stereocenters. The maximum Gasteiger partial charge on any atom is 0.129 e. The summed E-state index contributed by atoms with van der Waals surface area (Å²) in [4.78, 5) is 0. The van der Waals surface area contributed by atoms with Gasteiger partial charge in [-0.1, -0.05) is 0 Å². The first-order chi connectivity index (χ1) is 8.11. The highest BCUT2D eigenvalue weighted by Crippen LogP contribution is 2.29. The van der Waals surface area contributed by atoms with Crippen LogP contribution in [0.5, 0.6) is 0 Å². The molecule has 1 aromatic carbocycles. The van der Waals surface area contributed by atoms with Crippen molar-refractivity contribution in [1.82, 2.24) is 5.43 Å². The van der Waals surface area contributed by atoms with Crippen LogP contribution in [-0.2, 0) is 4.74 Å². The van der Waals surface area contributed by atoms with E-state index in [4.69, 9.17) is 16.3 Å². The van der Waals surface area contributed by atoms with Gasteiger partial charge >= 0.3 is 0 Å². The largest absolute Gasteiger partial charge is 0.370 e. The molecule has 94 valence electrons. The second-order valence-electron chi connectivity index (χ2n) is 4.18. The van der Waals surface area contributed by atoms with E-state index in [1.807, 2.05) is 0 Å². The number of ether oxygens (including phenoxy) is 1. The summed E-state index contributed by atoms with van der Waals surface area (Å²) in [7, 11) is 0. The molecule has 0 radical (unpaired) electrons. The zero-order valence-corrected chi connectivity index (χ0v) is 9.20. The smallest absolute Gasteiger partial charge is 0.129 e. The first kappa shape index (κ1) is 12.4. The lowest BCUT2D eigenvalue weighted by molar-refractivity contribution is -0.0200. The van der Waals surface area contributed by atoms with Crippen molar-refractivity contribution in [2.24, 2.45) is 11.6 Å². The Bertz CT molecular complexity index is 402. The van der Waals surface area contributed by atoms with Crippen molar-refractivity contribution in [1.29, 1.82) is 0 Å². The average molecular weight is 243 g/mol. The molecule has 1 aliphatic rings. The molecule has 5 N–H and O–H groups in total. The summed E-state index contributed by atoms with van der Waals surface area (Å²) in [6.45, 7) is 0.324. The number of nitrogens with two attached hydrogens (primary N) is 2. The Morgan fingerprint density at radius 3 is 2.76 bits per heavy atom. The van der Waals surface area contributed by atoms with Gasteiger partial charge in [0.15, 0.2) is 0 Å². The van der Waals surface area contributed by atoms with Crippen LogP contribution < -0.4 is 17.0 Å². The molecule has 17 heavy (non-hydrogen) atoms. The molecule has 0 amide bonds. The van der Waals surface area contributed by atoms with Crippen LogP contribution in [0.3, 0.4) is 0 Å². The van der Waals surface area contributed by atoms with E-state index in [0.29, 0.717) is 13.0 Å². The standard InChI is InChI=1S/C11H15F2N3O/c12-6-1-2-9(13)8(3-6)11-10(14)4-7(16-15)5-17-11/h1-3,7,10-11,16H,4-5,14-15H2/t7-,10+,11-/m1/s1. The summed E-state index contributed by atoms with van der Waals surface area (Å²) in [6.07, 6.45) is -0.0767. The monoisotopic (exact) mass is 243 g/mol. The van der Waals surface area contributed by atoms with Crippen molar-refractivity contribution in [2.75, 3.05) is 6.61 Å². The molecule has 1 aliphatic heterocycles. The van der Waals surface area contributed by atoms with Crippen LogP contribution in [0.15, 0.2) is 18.2 Å². The van der Waals surface area contributed by atoms with Gasteiger partial charge in [-0.2, -0.15) is 0 Å². The van der Waals surface area contributed by atoms with Crippen LogP contribution in [0.1, 0.15) is 18.1 Å². The summed E-state index contributed by atoms with van der Waals surface area (Å²) in [5.41, 5.74) is 8.61. The number of benzene rings is 1. The molecule has 0 spiro atoms. The van der Waals surface area contributed by atoms with Gasteiger partial charge in [0, 0.05) is 17.6 Å². The van der Waals surface area contributed by atoms with Crippen LogP contribution in [0, 0.1) is 11.6 Å². The van der Waals surface area contributed by atoms with Gasteiger partial charge in [0.25, 0.3) is 0 Å².